The maximum absolute atomic E-state index is 12.4. The van der Waals surface area contributed by atoms with Gasteiger partial charge in [0.1, 0.15) is 23.9 Å². The molecule has 2 aromatic rings. The third-order valence-corrected chi connectivity index (χ3v) is 2.73. The molecule has 0 radical (unpaired) electrons. The van der Waals surface area contributed by atoms with Crippen LogP contribution in [0.2, 0.25) is 0 Å². The summed E-state index contributed by atoms with van der Waals surface area (Å²) < 4.78 is 44.2. The van der Waals surface area contributed by atoms with Crippen molar-refractivity contribution in [2.24, 2.45) is 0 Å². The number of nitrogen functional groups attached to an aromatic ring is 1. The first-order valence-corrected chi connectivity index (χ1v) is 6.02. The van der Waals surface area contributed by atoms with Gasteiger partial charge in [-0.25, -0.2) is 0 Å². The molecular weight excluding hydrogens is 271 g/mol. The molecule has 0 bridgehead atoms. The zero-order valence-electron chi connectivity index (χ0n) is 10.8. The van der Waals surface area contributed by atoms with E-state index in [1.165, 1.54) is 12.1 Å². The first-order chi connectivity index (χ1) is 9.40. The van der Waals surface area contributed by atoms with Crippen LogP contribution in [0.5, 0.6) is 5.75 Å². The molecule has 0 amide bonds. The van der Waals surface area contributed by atoms with E-state index in [2.05, 4.69) is 5.10 Å². The Morgan fingerprint density at radius 3 is 2.40 bits per heavy atom. The van der Waals surface area contributed by atoms with Crippen molar-refractivity contribution in [3.8, 4) is 5.75 Å². The lowest BCUT2D eigenvalue weighted by molar-refractivity contribution is -0.137. The van der Waals surface area contributed by atoms with Crippen molar-refractivity contribution in [1.82, 2.24) is 9.78 Å². The van der Waals surface area contributed by atoms with E-state index in [4.69, 9.17) is 10.5 Å². The van der Waals surface area contributed by atoms with Gasteiger partial charge >= 0.3 is 6.18 Å². The Labute approximate surface area is 114 Å². The Balaban J connectivity index is 2.00. The van der Waals surface area contributed by atoms with Crippen molar-refractivity contribution in [2.75, 3.05) is 5.73 Å². The third kappa shape index (κ3) is 3.23. The highest BCUT2D eigenvalue weighted by Gasteiger charge is 2.29. The second kappa shape index (κ2) is 5.44. The van der Waals surface area contributed by atoms with E-state index in [-0.39, 0.29) is 6.61 Å². The van der Waals surface area contributed by atoms with E-state index in [0.717, 1.165) is 12.1 Å². The molecule has 2 rings (SSSR count). The van der Waals surface area contributed by atoms with E-state index in [1.54, 1.807) is 10.7 Å². The Hall–Kier alpha value is -2.18. The van der Waals surface area contributed by atoms with Crippen LogP contribution >= 0.6 is 0 Å². The summed E-state index contributed by atoms with van der Waals surface area (Å²) in [6, 6.07) is 6.20. The summed E-state index contributed by atoms with van der Waals surface area (Å²) in [7, 11) is 0. The van der Waals surface area contributed by atoms with Gasteiger partial charge in [-0.2, -0.15) is 18.3 Å². The second-order valence-corrected chi connectivity index (χ2v) is 4.19. The molecule has 0 aliphatic rings. The van der Waals surface area contributed by atoms with Crippen LogP contribution in [0, 0.1) is 0 Å². The molecule has 2 N–H and O–H groups in total. The lowest BCUT2D eigenvalue weighted by Crippen LogP contribution is -2.05. The lowest BCUT2D eigenvalue weighted by Gasteiger charge is -2.08. The molecular formula is C13H14F3N3O. The molecule has 7 heteroatoms. The summed E-state index contributed by atoms with van der Waals surface area (Å²) in [6.07, 6.45) is -4.34. The van der Waals surface area contributed by atoms with Crippen LogP contribution in [-0.4, -0.2) is 9.78 Å². The number of alkyl halides is 3. The quantitative estimate of drug-likeness (QED) is 0.939. The van der Waals surface area contributed by atoms with Gasteiger partial charge in [0.15, 0.2) is 0 Å². The molecule has 0 saturated heterocycles. The number of hydrogen-bond acceptors (Lipinski definition) is 3. The minimum absolute atomic E-state index is 0.155. The molecule has 108 valence electrons. The van der Waals surface area contributed by atoms with Crippen LogP contribution in [0.15, 0.2) is 30.3 Å². The smallest absolute Gasteiger partial charge is 0.416 e. The Morgan fingerprint density at radius 1 is 1.25 bits per heavy atom. The number of halogens is 3. The van der Waals surface area contributed by atoms with Crippen molar-refractivity contribution in [3.05, 3.63) is 41.6 Å². The first-order valence-electron chi connectivity index (χ1n) is 6.02. The van der Waals surface area contributed by atoms with Gasteiger partial charge in [0.25, 0.3) is 0 Å². The number of rotatable bonds is 4. The van der Waals surface area contributed by atoms with Gasteiger partial charge in [-0.3, -0.25) is 4.68 Å². The molecule has 1 aromatic heterocycles. The number of nitrogens with two attached hydrogens (primary N) is 1. The highest BCUT2D eigenvalue weighted by Crippen LogP contribution is 2.30. The molecule has 0 saturated carbocycles. The molecule has 0 atom stereocenters. The Kier molecular flexibility index (Phi) is 3.87. The number of aryl methyl sites for hydroxylation is 1. The Morgan fingerprint density at radius 2 is 1.90 bits per heavy atom. The number of benzene rings is 1. The largest absolute Gasteiger partial charge is 0.487 e. The molecule has 20 heavy (non-hydrogen) atoms. The highest BCUT2D eigenvalue weighted by atomic mass is 19.4. The minimum atomic E-state index is -4.34. The molecule has 0 aliphatic carbocycles. The van der Waals surface area contributed by atoms with Crippen LogP contribution in [0.25, 0.3) is 0 Å². The lowest BCUT2D eigenvalue weighted by atomic mass is 10.2. The molecule has 0 spiro atoms. The molecule has 1 heterocycles. The van der Waals surface area contributed by atoms with Gasteiger partial charge in [-0.1, -0.05) is 0 Å². The van der Waals surface area contributed by atoms with Gasteiger partial charge in [-0.15, -0.1) is 0 Å². The second-order valence-electron chi connectivity index (χ2n) is 4.19. The number of aromatic nitrogens is 2. The fourth-order valence-corrected chi connectivity index (χ4v) is 1.71. The highest BCUT2D eigenvalue weighted by molar-refractivity contribution is 5.32. The van der Waals surface area contributed by atoms with Crippen molar-refractivity contribution in [1.29, 1.82) is 0 Å². The fourth-order valence-electron chi connectivity index (χ4n) is 1.71. The molecule has 1 aromatic carbocycles. The monoisotopic (exact) mass is 285 g/mol. The van der Waals surface area contributed by atoms with Gasteiger partial charge in [0.05, 0.1) is 5.56 Å². The van der Waals surface area contributed by atoms with Gasteiger partial charge in [0.2, 0.25) is 0 Å². The summed E-state index contributed by atoms with van der Waals surface area (Å²) >= 11 is 0. The number of nitrogens with zero attached hydrogens (tertiary/aromatic N) is 2. The third-order valence-electron chi connectivity index (χ3n) is 2.73. The van der Waals surface area contributed by atoms with E-state index in [0.29, 0.717) is 23.8 Å². The van der Waals surface area contributed by atoms with Crippen LogP contribution in [0.3, 0.4) is 0 Å². The summed E-state index contributed by atoms with van der Waals surface area (Å²) in [5.74, 6) is 0.876. The van der Waals surface area contributed by atoms with Crippen molar-refractivity contribution in [3.63, 3.8) is 0 Å². The van der Waals surface area contributed by atoms with Gasteiger partial charge in [-0.05, 0) is 31.2 Å². The number of hydrogen-bond donors (Lipinski definition) is 1. The standard InChI is InChI=1S/C13H14F3N3O/c1-2-19-12(17)7-10(18-19)8-20-11-5-3-9(4-6-11)13(14,15)16/h3-7H,2,8,17H2,1H3. The maximum atomic E-state index is 12.4. The van der Waals surface area contributed by atoms with Crippen LogP contribution < -0.4 is 10.5 Å². The SMILES string of the molecule is CCn1nc(COc2ccc(C(F)(F)F)cc2)cc1N. The zero-order valence-corrected chi connectivity index (χ0v) is 10.8. The van der Waals surface area contributed by atoms with E-state index in [9.17, 15) is 13.2 Å². The average Bonchev–Trinajstić information content (AvgIpc) is 2.76. The number of ether oxygens (including phenoxy) is 1. The van der Waals surface area contributed by atoms with Gasteiger partial charge in [0, 0.05) is 12.6 Å². The molecule has 4 nitrogen and oxygen atoms in total. The first kappa shape index (κ1) is 14.2. The van der Waals surface area contributed by atoms with Crippen LogP contribution in [-0.2, 0) is 19.3 Å². The number of anilines is 1. The van der Waals surface area contributed by atoms with E-state index >= 15 is 0 Å². The molecule has 0 fully saturated rings. The topological polar surface area (TPSA) is 53.1 Å². The Bertz CT molecular complexity index is 576. The maximum Gasteiger partial charge on any atom is 0.416 e. The van der Waals surface area contributed by atoms with Crippen molar-refractivity contribution in [2.45, 2.75) is 26.3 Å². The summed E-state index contributed by atoms with van der Waals surface area (Å²) in [4.78, 5) is 0. The van der Waals surface area contributed by atoms with Crippen molar-refractivity contribution < 1.29 is 17.9 Å². The van der Waals surface area contributed by atoms with Gasteiger partial charge < -0.3 is 10.5 Å². The summed E-state index contributed by atoms with van der Waals surface area (Å²) in [5.41, 5.74) is 5.63. The predicted octanol–water partition coefficient (Wildman–Crippen LogP) is 3.08. The predicted molar refractivity (Wildman–Crippen MR) is 68.1 cm³/mol. The van der Waals surface area contributed by atoms with Crippen LogP contribution in [0.4, 0.5) is 19.0 Å². The van der Waals surface area contributed by atoms with Crippen LogP contribution in [0.1, 0.15) is 18.2 Å². The summed E-state index contributed by atoms with van der Waals surface area (Å²) in [5, 5.41) is 4.19. The molecule has 0 unspecified atom stereocenters. The zero-order chi connectivity index (χ0) is 14.8. The minimum Gasteiger partial charge on any atom is -0.487 e. The summed E-state index contributed by atoms with van der Waals surface area (Å²) in [6.45, 7) is 2.71. The normalized spacial score (nSPS) is 11.6. The van der Waals surface area contributed by atoms with E-state index < -0.39 is 11.7 Å². The average molecular weight is 285 g/mol. The van der Waals surface area contributed by atoms with Crippen molar-refractivity contribution >= 4 is 5.82 Å². The fraction of sp³-hybridized carbons (Fsp3) is 0.308. The van der Waals surface area contributed by atoms with E-state index in [1.807, 2.05) is 6.92 Å². The molecule has 0 aliphatic heterocycles.